The third-order valence-corrected chi connectivity index (χ3v) is 7.01. The zero-order valence-electron chi connectivity index (χ0n) is 19.7. The number of carbonyl (C=O) groups excluding carboxylic acids is 1. The minimum atomic E-state index is -0.511. The standard InChI is InChI=1S/C25H28BrN5O2S/c1-5-13-34-25-29-24-27-16(4)21(23(32)28-19-10-8-7-9-15(19)3)22(31(24)30-25)18-14-17(26)11-12-20(18)33-6-2/h7-12,14,22H,5-6,13H2,1-4H3,(H,28,32)(H,27,29,30). The number of anilines is 2. The van der Waals surface area contributed by atoms with Crippen LogP contribution in [-0.2, 0) is 4.79 Å². The number of fused-ring (bicyclic) bond motifs is 1. The molecule has 3 aromatic rings. The van der Waals surface area contributed by atoms with Gasteiger partial charge in [0.15, 0.2) is 0 Å². The highest BCUT2D eigenvalue weighted by Crippen LogP contribution is 2.41. The molecule has 2 N–H and O–H groups in total. The second kappa shape index (κ2) is 10.7. The van der Waals surface area contributed by atoms with Gasteiger partial charge in [0.1, 0.15) is 11.8 Å². The molecule has 0 radical (unpaired) electrons. The third kappa shape index (κ3) is 5.00. The lowest BCUT2D eigenvalue weighted by Gasteiger charge is -2.30. The Balaban J connectivity index is 1.84. The number of carbonyl (C=O) groups is 1. The van der Waals surface area contributed by atoms with Gasteiger partial charge in [-0.3, -0.25) is 4.79 Å². The molecule has 0 fully saturated rings. The van der Waals surface area contributed by atoms with Gasteiger partial charge in [-0.2, -0.15) is 4.98 Å². The number of ether oxygens (including phenoxy) is 1. The normalized spacial score (nSPS) is 15.0. The molecule has 0 saturated carbocycles. The van der Waals surface area contributed by atoms with Gasteiger partial charge in [-0.25, -0.2) is 4.68 Å². The number of para-hydroxylation sites is 1. The quantitative estimate of drug-likeness (QED) is 0.331. The van der Waals surface area contributed by atoms with Crippen LogP contribution in [0.1, 0.15) is 44.4 Å². The highest BCUT2D eigenvalue weighted by Gasteiger charge is 2.36. The average Bonchev–Trinajstić information content (AvgIpc) is 3.21. The summed E-state index contributed by atoms with van der Waals surface area (Å²) in [5, 5.41) is 11.9. The van der Waals surface area contributed by atoms with Crippen molar-refractivity contribution in [3.63, 3.8) is 0 Å². The van der Waals surface area contributed by atoms with Gasteiger partial charge in [0.05, 0.1) is 12.2 Å². The van der Waals surface area contributed by atoms with Gasteiger partial charge in [0, 0.05) is 27.2 Å². The smallest absolute Gasteiger partial charge is 0.255 e. The predicted molar refractivity (Wildman–Crippen MR) is 141 cm³/mol. The summed E-state index contributed by atoms with van der Waals surface area (Å²) in [5.41, 5.74) is 3.89. The summed E-state index contributed by atoms with van der Waals surface area (Å²) in [6, 6.07) is 13.1. The summed E-state index contributed by atoms with van der Waals surface area (Å²) < 4.78 is 8.66. The molecule has 178 valence electrons. The Kier molecular flexibility index (Phi) is 7.63. The maximum Gasteiger partial charge on any atom is 0.255 e. The molecule has 2 aromatic carbocycles. The molecule has 4 rings (SSSR count). The van der Waals surface area contributed by atoms with Gasteiger partial charge >= 0.3 is 0 Å². The zero-order valence-corrected chi connectivity index (χ0v) is 22.1. The van der Waals surface area contributed by atoms with Crippen molar-refractivity contribution >= 4 is 45.2 Å². The highest BCUT2D eigenvalue weighted by molar-refractivity contribution is 9.10. The molecule has 9 heteroatoms. The molecule has 0 aliphatic carbocycles. The molecule has 1 aromatic heterocycles. The molecule has 0 spiro atoms. The molecule has 1 aliphatic rings. The van der Waals surface area contributed by atoms with Gasteiger partial charge in [-0.1, -0.05) is 52.8 Å². The fourth-order valence-corrected chi connectivity index (χ4v) is 4.95. The van der Waals surface area contributed by atoms with Gasteiger partial charge in [-0.15, -0.1) is 5.10 Å². The van der Waals surface area contributed by atoms with Crippen LogP contribution in [0.15, 0.2) is 63.4 Å². The number of allylic oxidation sites excluding steroid dienone is 1. The second-order valence-corrected chi connectivity index (χ2v) is 9.94. The van der Waals surface area contributed by atoms with E-state index in [1.165, 1.54) is 0 Å². The van der Waals surface area contributed by atoms with E-state index >= 15 is 0 Å². The van der Waals surface area contributed by atoms with E-state index < -0.39 is 6.04 Å². The third-order valence-electron chi connectivity index (χ3n) is 5.47. The van der Waals surface area contributed by atoms with E-state index in [0.717, 1.165) is 39.2 Å². The Bertz CT molecular complexity index is 1240. The number of rotatable bonds is 8. The lowest BCUT2D eigenvalue weighted by molar-refractivity contribution is -0.113. The Labute approximate surface area is 212 Å². The first-order chi connectivity index (χ1) is 16.4. The van der Waals surface area contributed by atoms with Gasteiger partial charge in [0.25, 0.3) is 5.91 Å². The van der Waals surface area contributed by atoms with Crippen LogP contribution >= 0.6 is 27.7 Å². The van der Waals surface area contributed by atoms with Crippen LogP contribution in [0, 0.1) is 6.92 Å². The van der Waals surface area contributed by atoms with Crippen LogP contribution < -0.4 is 15.4 Å². The summed E-state index contributed by atoms with van der Waals surface area (Å²) >= 11 is 5.19. The van der Waals surface area contributed by atoms with Crippen molar-refractivity contribution in [1.82, 2.24) is 14.8 Å². The first-order valence-corrected chi connectivity index (χ1v) is 13.1. The number of hydrogen-bond donors (Lipinski definition) is 2. The number of benzene rings is 2. The first kappa shape index (κ1) is 24.3. The lowest BCUT2D eigenvalue weighted by Crippen LogP contribution is -2.32. The van der Waals surface area contributed by atoms with Crippen molar-refractivity contribution in [3.05, 3.63) is 69.3 Å². The lowest BCUT2D eigenvalue weighted by atomic mass is 9.94. The first-order valence-electron chi connectivity index (χ1n) is 11.3. The Morgan fingerprint density at radius 1 is 1.24 bits per heavy atom. The maximum absolute atomic E-state index is 13.7. The summed E-state index contributed by atoms with van der Waals surface area (Å²) in [6.07, 6.45) is 1.02. The Hall–Kier alpha value is -2.78. The predicted octanol–water partition coefficient (Wildman–Crippen LogP) is 6.18. The fourth-order valence-electron chi connectivity index (χ4n) is 3.89. The SMILES string of the molecule is CCCSc1nc2n(n1)C(c1cc(Br)ccc1OCC)C(C(=O)Nc1ccccc1C)=C(C)N2. The number of aromatic nitrogens is 3. The van der Waals surface area contributed by atoms with Gasteiger partial charge in [0.2, 0.25) is 11.1 Å². The van der Waals surface area contributed by atoms with Gasteiger partial charge < -0.3 is 15.4 Å². The van der Waals surface area contributed by atoms with Crippen molar-refractivity contribution in [3.8, 4) is 5.75 Å². The van der Waals surface area contributed by atoms with Crippen LogP contribution in [0.5, 0.6) is 5.75 Å². The average molecular weight is 543 g/mol. The number of aryl methyl sites for hydroxylation is 1. The fraction of sp³-hybridized carbons (Fsp3) is 0.320. The van der Waals surface area contributed by atoms with E-state index in [2.05, 4.69) is 38.5 Å². The number of nitrogens with zero attached hydrogens (tertiary/aromatic N) is 3. The van der Waals surface area contributed by atoms with Crippen LogP contribution in [0.4, 0.5) is 11.6 Å². The number of amides is 1. The molecule has 34 heavy (non-hydrogen) atoms. The molecule has 1 unspecified atom stereocenters. The Morgan fingerprint density at radius 2 is 2.03 bits per heavy atom. The Morgan fingerprint density at radius 3 is 2.76 bits per heavy atom. The molecule has 1 atom stereocenters. The summed E-state index contributed by atoms with van der Waals surface area (Å²) in [4.78, 5) is 18.4. The van der Waals surface area contributed by atoms with Crippen molar-refractivity contribution in [2.75, 3.05) is 23.0 Å². The summed E-state index contributed by atoms with van der Waals surface area (Å²) in [7, 11) is 0. The molecule has 2 heterocycles. The van der Waals surface area contributed by atoms with E-state index in [1.54, 1.807) is 16.4 Å². The van der Waals surface area contributed by atoms with Crippen molar-refractivity contribution in [1.29, 1.82) is 0 Å². The van der Waals surface area contributed by atoms with E-state index in [9.17, 15) is 4.79 Å². The second-order valence-electron chi connectivity index (χ2n) is 7.96. The molecule has 1 aliphatic heterocycles. The summed E-state index contributed by atoms with van der Waals surface area (Å²) in [5.74, 6) is 2.03. The minimum absolute atomic E-state index is 0.198. The van der Waals surface area contributed by atoms with E-state index in [4.69, 9.17) is 9.84 Å². The molecular weight excluding hydrogens is 514 g/mol. The molecule has 0 saturated heterocycles. The topological polar surface area (TPSA) is 81.1 Å². The molecule has 7 nitrogen and oxygen atoms in total. The maximum atomic E-state index is 13.7. The van der Waals surface area contributed by atoms with Crippen molar-refractivity contribution in [2.45, 2.75) is 45.3 Å². The summed E-state index contributed by atoms with van der Waals surface area (Å²) in [6.45, 7) is 8.45. The molecular formula is C25H28BrN5O2S. The number of hydrogen-bond acceptors (Lipinski definition) is 6. The van der Waals surface area contributed by atoms with E-state index in [1.807, 2.05) is 63.2 Å². The van der Waals surface area contributed by atoms with Crippen LogP contribution in [0.25, 0.3) is 0 Å². The minimum Gasteiger partial charge on any atom is -0.494 e. The molecule has 1 amide bonds. The van der Waals surface area contributed by atoms with Crippen LogP contribution in [0.2, 0.25) is 0 Å². The van der Waals surface area contributed by atoms with Crippen molar-refractivity contribution in [2.24, 2.45) is 0 Å². The van der Waals surface area contributed by atoms with E-state index in [0.29, 0.717) is 29.0 Å². The van der Waals surface area contributed by atoms with Crippen LogP contribution in [0.3, 0.4) is 0 Å². The van der Waals surface area contributed by atoms with Gasteiger partial charge in [-0.05, 0) is 57.0 Å². The largest absolute Gasteiger partial charge is 0.494 e. The highest BCUT2D eigenvalue weighted by atomic mass is 79.9. The van der Waals surface area contributed by atoms with E-state index in [-0.39, 0.29) is 5.91 Å². The van der Waals surface area contributed by atoms with Crippen molar-refractivity contribution < 1.29 is 9.53 Å². The number of thioether (sulfide) groups is 1. The number of nitrogens with one attached hydrogen (secondary N) is 2. The zero-order chi connectivity index (χ0) is 24.2. The number of halogens is 1. The van der Waals surface area contributed by atoms with Crippen LogP contribution in [-0.4, -0.2) is 33.0 Å². The monoisotopic (exact) mass is 541 g/mol. The molecule has 0 bridgehead atoms.